The van der Waals surface area contributed by atoms with Crippen molar-refractivity contribution in [1.82, 2.24) is 5.32 Å². The van der Waals surface area contributed by atoms with Crippen molar-refractivity contribution in [2.24, 2.45) is 23.0 Å². The molecule has 0 aromatic heterocycles. The van der Waals surface area contributed by atoms with Gasteiger partial charge in [0.2, 0.25) is 5.91 Å². The molecule has 5 rings (SSSR count). The second-order valence-electron chi connectivity index (χ2n) is 8.80. The Labute approximate surface area is 171 Å². The van der Waals surface area contributed by atoms with Crippen LogP contribution in [0.15, 0.2) is 30.3 Å². The van der Waals surface area contributed by atoms with Crippen LogP contribution in [0.5, 0.6) is 0 Å². The molecule has 3 atom stereocenters. The number of esters is 1. The van der Waals surface area contributed by atoms with Crippen LogP contribution in [0, 0.1) is 17.3 Å². The van der Waals surface area contributed by atoms with Gasteiger partial charge >= 0.3 is 5.97 Å². The number of ether oxygens (including phenoxy) is 1. The molecule has 0 aliphatic heterocycles. The third kappa shape index (κ3) is 3.79. The van der Waals surface area contributed by atoms with Crippen LogP contribution in [0.25, 0.3) is 0 Å². The summed E-state index contributed by atoms with van der Waals surface area (Å²) < 4.78 is 5.14. The first-order valence-electron chi connectivity index (χ1n) is 9.64. The van der Waals surface area contributed by atoms with Gasteiger partial charge in [-0.15, -0.1) is 17.0 Å². The van der Waals surface area contributed by atoms with E-state index in [1.807, 2.05) is 30.3 Å². The lowest BCUT2D eigenvalue weighted by Gasteiger charge is -2.60. The van der Waals surface area contributed by atoms with Crippen LogP contribution in [0.3, 0.4) is 0 Å². The largest absolute Gasteiger partial charge is 0.469 e. The van der Waals surface area contributed by atoms with E-state index in [2.05, 4.69) is 5.32 Å². The zero-order valence-corrected chi connectivity index (χ0v) is 17.5. The average Bonchev–Trinajstić information content (AvgIpc) is 2.60. The summed E-state index contributed by atoms with van der Waals surface area (Å²) in [5, 5.41) is 3.28. The molecule has 1 amide bonds. The van der Waals surface area contributed by atoms with Crippen molar-refractivity contribution in [3.8, 4) is 0 Å². The molecule has 4 bridgehead atoms. The van der Waals surface area contributed by atoms with Gasteiger partial charge in [0.15, 0.2) is 0 Å². The topological polar surface area (TPSA) is 81.4 Å². The van der Waals surface area contributed by atoms with E-state index < -0.39 is 11.5 Å². The molecule has 0 spiro atoms. The monoisotopic (exact) mass is 436 g/mol. The second kappa shape index (κ2) is 7.55. The summed E-state index contributed by atoms with van der Waals surface area (Å²) in [6, 6.07) is 9.28. The van der Waals surface area contributed by atoms with Crippen molar-refractivity contribution in [3.05, 3.63) is 35.9 Å². The molecule has 4 fully saturated rings. The fourth-order valence-electron chi connectivity index (χ4n) is 6.18. The number of halogens is 1. The Morgan fingerprint density at radius 1 is 1.19 bits per heavy atom. The van der Waals surface area contributed by atoms with E-state index in [9.17, 15) is 9.59 Å². The summed E-state index contributed by atoms with van der Waals surface area (Å²) in [5.41, 5.74) is 6.56. The summed E-state index contributed by atoms with van der Waals surface area (Å²) in [5.74, 6) is 0.802. The maximum Gasteiger partial charge on any atom is 0.311 e. The quantitative estimate of drug-likeness (QED) is 0.695. The predicted molar refractivity (Wildman–Crippen MR) is 108 cm³/mol. The molecule has 148 valence electrons. The Bertz CT molecular complexity index is 695. The normalized spacial score (nSPS) is 34.4. The van der Waals surface area contributed by atoms with Crippen LogP contribution in [0.1, 0.15) is 44.1 Å². The molecule has 0 radical (unpaired) electrons. The Kier molecular flexibility index (Phi) is 5.69. The maximum atomic E-state index is 12.8. The van der Waals surface area contributed by atoms with Gasteiger partial charge in [-0.1, -0.05) is 30.3 Å². The number of benzene rings is 1. The second-order valence-corrected chi connectivity index (χ2v) is 8.80. The molecule has 4 aliphatic rings. The highest BCUT2D eigenvalue weighted by Crippen LogP contribution is 2.62. The van der Waals surface area contributed by atoms with Crippen LogP contribution in [0.2, 0.25) is 0 Å². The fourth-order valence-corrected chi connectivity index (χ4v) is 6.18. The Morgan fingerprint density at radius 2 is 1.81 bits per heavy atom. The van der Waals surface area contributed by atoms with Gasteiger partial charge in [-0.2, -0.15) is 0 Å². The highest BCUT2D eigenvalue weighted by Gasteiger charge is 2.61. The number of carbonyl (C=O) groups excluding carboxylic acids is 2. The summed E-state index contributed by atoms with van der Waals surface area (Å²) in [4.78, 5) is 25.3. The first-order chi connectivity index (χ1) is 12.4. The van der Waals surface area contributed by atoms with Crippen molar-refractivity contribution < 1.29 is 14.3 Å². The third-order valence-electron chi connectivity index (χ3n) is 6.70. The van der Waals surface area contributed by atoms with Crippen molar-refractivity contribution >= 4 is 28.9 Å². The molecule has 1 aromatic carbocycles. The SMILES string of the molecule is Br.COC(=O)C12CC3CC(CC(NC(=O)[C@@H](N)Cc4ccccc4)(C3)C1)C2. The van der Waals surface area contributed by atoms with Gasteiger partial charge in [-0.3, -0.25) is 9.59 Å². The fraction of sp³-hybridized carbons (Fsp3) is 0.619. The number of nitrogens with two attached hydrogens (primary N) is 1. The van der Waals surface area contributed by atoms with Crippen molar-refractivity contribution in [3.63, 3.8) is 0 Å². The van der Waals surface area contributed by atoms with E-state index in [1.165, 1.54) is 13.5 Å². The number of rotatable bonds is 5. The smallest absolute Gasteiger partial charge is 0.311 e. The first kappa shape index (κ1) is 20.3. The zero-order valence-electron chi connectivity index (χ0n) is 15.8. The Morgan fingerprint density at radius 3 is 2.41 bits per heavy atom. The molecular formula is C21H29BrN2O3. The molecule has 27 heavy (non-hydrogen) atoms. The number of hydrogen-bond acceptors (Lipinski definition) is 4. The molecule has 3 N–H and O–H groups in total. The van der Waals surface area contributed by atoms with Crippen LogP contribution in [-0.2, 0) is 20.7 Å². The molecule has 0 saturated heterocycles. The first-order valence-corrected chi connectivity index (χ1v) is 9.64. The van der Waals surface area contributed by atoms with E-state index in [4.69, 9.17) is 10.5 Å². The van der Waals surface area contributed by atoms with E-state index in [0.29, 0.717) is 24.7 Å². The minimum atomic E-state index is -0.570. The minimum absolute atomic E-state index is 0. The molecule has 5 nitrogen and oxygen atoms in total. The number of carbonyl (C=O) groups is 2. The van der Waals surface area contributed by atoms with Gasteiger partial charge in [-0.25, -0.2) is 0 Å². The lowest BCUT2D eigenvalue weighted by Crippen LogP contribution is -2.66. The van der Waals surface area contributed by atoms with Gasteiger partial charge in [0, 0.05) is 5.54 Å². The van der Waals surface area contributed by atoms with Crippen molar-refractivity contribution in [2.75, 3.05) is 7.11 Å². The van der Waals surface area contributed by atoms with E-state index >= 15 is 0 Å². The summed E-state index contributed by atoms with van der Waals surface area (Å²) in [6.45, 7) is 0. The molecule has 1 aromatic rings. The number of hydrogen-bond donors (Lipinski definition) is 2. The van der Waals surface area contributed by atoms with E-state index in [1.54, 1.807) is 0 Å². The number of amides is 1. The average molecular weight is 437 g/mol. The molecule has 4 aliphatic carbocycles. The van der Waals surface area contributed by atoms with Crippen LogP contribution >= 0.6 is 17.0 Å². The van der Waals surface area contributed by atoms with Gasteiger partial charge in [-0.05, 0) is 62.3 Å². The lowest BCUT2D eigenvalue weighted by atomic mass is 9.47. The molecule has 2 unspecified atom stereocenters. The predicted octanol–water partition coefficient (Wildman–Crippen LogP) is 2.76. The van der Waals surface area contributed by atoms with Crippen molar-refractivity contribution in [2.45, 2.75) is 56.5 Å². The van der Waals surface area contributed by atoms with E-state index in [0.717, 1.165) is 31.2 Å². The van der Waals surface area contributed by atoms with Gasteiger partial charge < -0.3 is 15.8 Å². The van der Waals surface area contributed by atoms with Gasteiger partial charge in [0.05, 0.1) is 18.6 Å². The molecule has 0 heterocycles. The molecular weight excluding hydrogens is 408 g/mol. The maximum absolute atomic E-state index is 12.8. The summed E-state index contributed by atoms with van der Waals surface area (Å²) in [7, 11) is 1.47. The molecule has 4 saturated carbocycles. The Balaban J connectivity index is 0.00000210. The molecule has 6 heteroatoms. The van der Waals surface area contributed by atoms with Crippen molar-refractivity contribution in [1.29, 1.82) is 0 Å². The Hall–Kier alpha value is -1.40. The highest BCUT2D eigenvalue weighted by molar-refractivity contribution is 8.93. The van der Waals surface area contributed by atoms with Gasteiger partial charge in [0.25, 0.3) is 0 Å². The van der Waals surface area contributed by atoms with Crippen LogP contribution in [0.4, 0.5) is 0 Å². The summed E-state index contributed by atoms with van der Waals surface area (Å²) >= 11 is 0. The number of methoxy groups -OCH3 is 1. The highest BCUT2D eigenvalue weighted by atomic mass is 79.9. The van der Waals surface area contributed by atoms with Gasteiger partial charge in [0.1, 0.15) is 0 Å². The minimum Gasteiger partial charge on any atom is -0.469 e. The number of nitrogens with one attached hydrogen (secondary N) is 1. The standard InChI is InChI=1S/C21H28N2O3.BrH/c1-26-19(25)20-9-15-7-16(10-20)12-21(11-15,13-20)23-18(24)17(22)8-14-5-3-2-4-6-14;/h2-6,15-17H,7-13,22H2,1H3,(H,23,24);1H/t15?,16?,17-,20?,21?;/m0./s1. The lowest BCUT2D eigenvalue weighted by molar-refractivity contribution is -0.173. The summed E-state index contributed by atoms with van der Waals surface area (Å²) in [6.07, 6.45) is 6.14. The zero-order chi connectivity index (χ0) is 18.4. The van der Waals surface area contributed by atoms with Crippen LogP contribution in [-0.4, -0.2) is 30.6 Å². The van der Waals surface area contributed by atoms with E-state index in [-0.39, 0.29) is 34.4 Å². The van der Waals surface area contributed by atoms with Crippen LogP contribution < -0.4 is 11.1 Å². The third-order valence-corrected chi connectivity index (χ3v) is 6.70.